The van der Waals surface area contributed by atoms with Gasteiger partial charge in [-0.1, -0.05) is 0 Å². The Hall–Kier alpha value is -0.223. The van der Waals surface area contributed by atoms with Crippen LogP contribution in [0.5, 0.6) is 0 Å². The van der Waals surface area contributed by atoms with Crippen molar-refractivity contribution < 1.29 is 19.3 Å². The summed E-state index contributed by atoms with van der Waals surface area (Å²) in [5.41, 5.74) is 6.13. The molecule has 3 heterocycles. The van der Waals surface area contributed by atoms with Crippen molar-refractivity contribution in [1.82, 2.24) is 4.98 Å². The first kappa shape index (κ1) is 17.6. The van der Waals surface area contributed by atoms with E-state index in [0.717, 1.165) is 25.8 Å². The van der Waals surface area contributed by atoms with Crippen LogP contribution in [0.4, 0.5) is 0 Å². The summed E-state index contributed by atoms with van der Waals surface area (Å²) in [6.07, 6.45) is -0.277. The third kappa shape index (κ3) is 3.73. The molecule has 0 bridgehead atoms. The zero-order chi connectivity index (χ0) is 16.6. The van der Waals surface area contributed by atoms with Crippen LogP contribution in [-0.2, 0) is 14.2 Å². The minimum atomic E-state index is -0.943. The molecule has 6 atom stereocenters. The van der Waals surface area contributed by atoms with E-state index in [-0.39, 0.29) is 15.6 Å². The molecule has 0 spiro atoms. The van der Waals surface area contributed by atoms with Gasteiger partial charge in [0.25, 0.3) is 0 Å². The monoisotopic (exact) mass is 526 g/mol. The molecular formula is C13H13BN3O4PbS. The summed E-state index contributed by atoms with van der Waals surface area (Å²) in [7, 11) is 5.72. The normalized spacial score (nSPS) is 37.0. The van der Waals surface area contributed by atoms with Gasteiger partial charge in [0.1, 0.15) is 0 Å². The van der Waals surface area contributed by atoms with Gasteiger partial charge in [0, 0.05) is 0 Å². The van der Waals surface area contributed by atoms with Crippen LogP contribution in [0.2, 0.25) is 0 Å². The summed E-state index contributed by atoms with van der Waals surface area (Å²) < 4.78 is 16.8. The fourth-order valence-corrected chi connectivity index (χ4v) is 4.66. The van der Waals surface area contributed by atoms with E-state index in [1.54, 1.807) is 6.07 Å². The Labute approximate surface area is 155 Å². The number of rotatable bonds is 2. The number of fused-ring (bicyclic) bond motifs is 1. The average Bonchev–Trinajstić information content (AvgIpc) is 2.53. The number of aromatic nitrogens is 1. The van der Waals surface area contributed by atoms with Crippen LogP contribution in [-0.4, -0.2) is 83.9 Å². The van der Waals surface area contributed by atoms with Crippen LogP contribution in [0.3, 0.4) is 0 Å². The summed E-state index contributed by atoms with van der Waals surface area (Å²) in [5.74, 6) is 0. The van der Waals surface area contributed by atoms with E-state index in [9.17, 15) is 5.11 Å². The first-order valence-electron chi connectivity index (χ1n) is 6.89. The van der Waals surface area contributed by atoms with Gasteiger partial charge >= 0.3 is 155 Å². The summed E-state index contributed by atoms with van der Waals surface area (Å²) >= 11 is 1.90. The van der Waals surface area contributed by atoms with Crippen LogP contribution in [0, 0.1) is 11.3 Å². The van der Waals surface area contributed by atoms with Gasteiger partial charge in [-0.3, -0.25) is 0 Å². The first-order valence-corrected chi connectivity index (χ1v) is 10.0. The Morgan fingerprint density at radius 2 is 2.30 bits per heavy atom. The van der Waals surface area contributed by atoms with Gasteiger partial charge in [-0.2, -0.15) is 0 Å². The summed E-state index contributed by atoms with van der Waals surface area (Å²) in [5, 5.41) is 19.6. The van der Waals surface area contributed by atoms with Crippen LogP contribution < -0.4 is 11.2 Å². The summed E-state index contributed by atoms with van der Waals surface area (Å²) in [4.78, 5) is 4.52. The number of pyridine rings is 1. The average molecular weight is 525 g/mol. The van der Waals surface area contributed by atoms with Crippen molar-refractivity contribution >= 4 is 50.8 Å². The molecule has 0 amide bonds. The Balaban J connectivity index is 1.79. The van der Waals surface area contributed by atoms with Crippen molar-refractivity contribution in [2.24, 2.45) is 5.73 Å². The molecule has 2 fully saturated rings. The predicted octanol–water partition coefficient (Wildman–Crippen LogP) is -1.88. The van der Waals surface area contributed by atoms with Crippen LogP contribution in [0.25, 0.3) is 0 Å². The molecular weight excluding hydrogens is 512 g/mol. The molecule has 10 heteroatoms. The molecule has 2 saturated heterocycles. The minimum absolute atomic E-state index is 0.228. The number of ether oxygens (including phenoxy) is 3. The zero-order valence-electron chi connectivity index (χ0n) is 12.0. The molecule has 0 aliphatic carbocycles. The second-order valence-corrected chi connectivity index (χ2v) is 8.19. The number of hydrogen-bond donors (Lipinski definition) is 2. The van der Waals surface area contributed by atoms with E-state index in [4.69, 9.17) is 33.1 Å². The van der Waals surface area contributed by atoms with Gasteiger partial charge in [0.15, 0.2) is 0 Å². The molecule has 6 unspecified atom stereocenters. The van der Waals surface area contributed by atoms with Gasteiger partial charge in [0.05, 0.1) is 0 Å². The van der Waals surface area contributed by atoms with E-state index in [1.165, 1.54) is 18.0 Å². The maximum absolute atomic E-state index is 10.4. The Bertz CT molecular complexity index is 632. The van der Waals surface area contributed by atoms with E-state index in [0.29, 0.717) is 17.0 Å². The van der Waals surface area contributed by atoms with Gasteiger partial charge in [0.2, 0.25) is 0 Å². The number of nitriles is 1. The zero-order valence-corrected chi connectivity index (χ0v) is 16.7. The molecule has 1 aromatic rings. The van der Waals surface area contributed by atoms with E-state index < -0.39 is 23.7 Å². The predicted molar refractivity (Wildman–Crippen MR) is 83.2 cm³/mol. The number of nitrogens with zero attached hydrogens (tertiary/aromatic N) is 2. The molecule has 3 N–H and O–H groups in total. The van der Waals surface area contributed by atoms with Gasteiger partial charge in [-0.25, -0.2) is 0 Å². The van der Waals surface area contributed by atoms with E-state index in [1.807, 2.05) is 6.07 Å². The first-order chi connectivity index (χ1) is 11.0. The number of aliphatic hydroxyl groups is 1. The quantitative estimate of drug-likeness (QED) is 0.432. The summed E-state index contributed by atoms with van der Waals surface area (Å²) in [6.45, 7) is 0.372. The molecule has 23 heavy (non-hydrogen) atoms. The van der Waals surface area contributed by atoms with Crippen molar-refractivity contribution in [3.05, 3.63) is 18.0 Å². The van der Waals surface area contributed by atoms with Gasteiger partial charge in [-0.15, -0.1) is 0 Å². The van der Waals surface area contributed by atoms with Crippen molar-refractivity contribution in [2.75, 3.05) is 6.61 Å². The van der Waals surface area contributed by atoms with Gasteiger partial charge < -0.3 is 0 Å². The Kier molecular flexibility index (Phi) is 5.62. The Morgan fingerprint density at radius 1 is 1.52 bits per heavy atom. The second-order valence-electron chi connectivity index (χ2n) is 5.22. The molecule has 1 aromatic heterocycles. The van der Waals surface area contributed by atoms with E-state index >= 15 is 0 Å². The topological polar surface area (TPSA) is 111 Å². The number of nitrogens with two attached hydrogens (primary N) is 1. The maximum atomic E-state index is 10.4. The summed E-state index contributed by atoms with van der Waals surface area (Å²) in [6, 6.07) is 3.04. The number of hydrogen-bond acceptors (Lipinski definition) is 8. The van der Waals surface area contributed by atoms with Crippen LogP contribution >= 0.6 is 11.8 Å². The third-order valence-electron chi connectivity index (χ3n) is 3.64. The van der Waals surface area contributed by atoms with Crippen molar-refractivity contribution in [2.45, 2.75) is 38.5 Å². The fraction of sp³-hybridized carbons (Fsp3) is 0.538. The molecule has 0 aromatic carbocycles. The van der Waals surface area contributed by atoms with Crippen molar-refractivity contribution in [3.8, 4) is 6.07 Å². The van der Waals surface area contributed by atoms with Crippen molar-refractivity contribution in [3.63, 3.8) is 0 Å². The van der Waals surface area contributed by atoms with Crippen LogP contribution in [0.15, 0.2) is 17.2 Å². The molecule has 2 aliphatic heterocycles. The molecule has 0 saturated carbocycles. The third-order valence-corrected chi connectivity index (χ3v) is 6.01. The van der Waals surface area contributed by atoms with Gasteiger partial charge in [-0.05, 0) is 0 Å². The van der Waals surface area contributed by atoms with Crippen LogP contribution in [0.1, 0.15) is 5.69 Å². The SMILES string of the molecule is [B]c1cnc(C#N)c(SC2OC3CO[CH]([Pb])OC3C(N)C2O)c1. The Morgan fingerprint density at radius 3 is 3.04 bits per heavy atom. The molecule has 5 radical (unpaired) electrons. The molecule has 3 rings (SSSR count). The standard InChI is InChI=1S/C13H13BN3O4S.Pb/c14-6-1-9(7(2-15)17-3-6)22-13-11(18)10(16)12-8(21-13)4-19-5-20-12;/h1,3,5,8,10-13,18H,4,16H2;. The van der Waals surface area contributed by atoms with Crippen molar-refractivity contribution in [1.29, 1.82) is 5.26 Å². The molecule has 117 valence electrons. The van der Waals surface area contributed by atoms with E-state index in [2.05, 4.69) is 4.98 Å². The number of thioether (sulfide) groups is 1. The fourth-order valence-electron chi connectivity index (χ4n) is 2.49. The molecule has 7 nitrogen and oxygen atoms in total. The molecule has 2 aliphatic rings. The number of aliphatic hydroxyl groups excluding tert-OH is 1. The second kappa shape index (κ2) is 7.34.